The van der Waals surface area contributed by atoms with Crippen LogP contribution in [0.1, 0.15) is 0 Å². The van der Waals surface area contributed by atoms with Crippen molar-refractivity contribution in [3.05, 3.63) is 22.5 Å². The van der Waals surface area contributed by atoms with E-state index in [-0.39, 0.29) is 10.6 Å². The number of rotatable bonds is 1. The first-order valence-corrected chi connectivity index (χ1v) is 4.51. The molecule has 1 atom stereocenters. The van der Waals surface area contributed by atoms with Crippen LogP contribution in [-0.4, -0.2) is 21.5 Å². The van der Waals surface area contributed by atoms with E-state index in [1.54, 1.807) is 0 Å². The largest absolute Gasteiger partial charge is 0.411 e. The Bertz CT molecular complexity index is 375. The van der Waals surface area contributed by atoms with E-state index in [4.69, 9.17) is 40.0 Å². The Labute approximate surface area is 93.4 Å². The van der Waals surface area contributed by atoms with Gasteiger partial charge in [-0.25, -0.2) is 4.39 Å². The summed E-state index contributed by atoms with van der Waals surface area (Å²) in [6.07, 6.45) is 0.811. The summed E-state index contributed by atoms with van der Waals surface area (Å²) >= 11 is 16.3. The average molecular weight is 258 g/mol. The smallest absolute Gasteiger partial charge is 0.251 e. The monoisotopic (exact) mass is 257 g/mol. The van der Waals surface area contributed by atoms with Gasteiger partial charge in [-0.3, -0.25) is 4.79 Å². The lowest BCUT2D eigenvalue weighted by molar-refractivity contribution is -0.108. The van der Waals surface area contributed by atoms with Crippen LogP contribution in [0.5, 0.6) is 0 Å². The van der Waals surface area contributed by atoms with Crippen LogP contribution in [0.25, 0.3) is 0 Å². The molecule has 7 heteroatoms. The molecule has 0 radical (unpaired) electrons. The molecule has 1 aliphatic rings. The number of allylic oxidation sites excluding steroid dienone is 4. The highest BCUT2D eigenvalue weighted by atomic mass is 35.5. The Hall–Kier alpha value is -0.580. The number of hydrogen-bond acceptors (Lipinski definition) is 3. The number of carbonyl (C=O) groups is 1. The molecule has 0 amide bonds. The van der Waals surface area contributed by atoms with Crippen LogP contribution in [0, 0.1) is 0 Å². The third kappa shape index (κ3) is 1.92. The fraction of sp³-hybridized carbons (Fsp3) is 0.143. The van der Waals surface area contributed by atoms with Crippen molar-refractivity contribution in [1.29, 1.82) is 0 Å². The molecule has 0 fully saturated rings. The van der Waals surface area contributed by atoms with E-state index < -0.39 is 22.2 Å². The molecule has 0 heterocycles. The van der Waals surface area contributed by atoms with Gasteiger partial charge in [-0.05, 0) is 17.7 Å². The summed E-state index contributed by atoms with van der Waals surface area (Å²) in [7, 11) is 0. The van der Waals surface area contributed by atoms with Gasteiger partial charge in [0.15, 0.2) is 5.83 Å². The van der Waals surface area contributed by atoms with Crippen molar-refractivity contribution in [2.75, 3.05) is 0 Å². The number of alkyl halides is 1. The summed E-state index contributed by atoms with van der Waals surface area (Å²) in [6.45, 7) is 0. The van der Waals surface area contributed by atoms with Crippen LogP contribution < -0.4 is 0 Å². The van der Waals surface area contributed by atoms with Gasteiger partial charge in [-0.2, -0.15) is 0 Å². The van der Waals surface area contributed by atoms with E-state index in [1.165, 1.54) is 0 Å². The average Bonchev–Trinajstić information content (AvgIpc) is 2.02. The van der Waals surface area contributed by atoms with E-state index in [0.29, 0.717) is 0 Å². The number of hydrogen-bond donors (Lipinski definition) is 1. The zero-order chi connectivity index (χ0) is 10.9. The van der Waals surface area contributed by atoms with Crippen molar-refractivity contribution in [3.63, 3.8) is 0 Å². The first-order chi connectivity index (χ1) is 6.49. The molecule has 1 aliphatic carbocycles. The van der Waals surface area contributed by atoms with Gasteiger partial charge in [0.05, 0.1) is 10.6 Å². The number of nitrogens with zero attached hydrogens (tertiary/aromatic N) is 1. The van der Waals surface area contributed by atoms with Crippen LogP contribution in [0.3, 0.4) is 0 Å². The molecule has 0 spiro atoms. The Morgan fingerprint density at radius 2 is 2.21 bits per heavy atom. The molecule has 0 saturated carbocycles. The van der Waals surface area contributed by atoms with Gasteiger partial charge in [-0.15, -0.1) is 11.6 Å². The van der Waals surface area contributed by atoms with Crippen LogP contribution in [0.15, 0.2) is 27.7 Å². The number of oxime groups is 1. The van der Waals surface area contributed by atoms with Crippen molar-refractivity contribution in [2.24, 2.45) is 5.16 Å². The molecule has 0 bridgehead atoms. The zero-order valence-corrected chi connectivity index (χ0v) is 8.74. The normalized spacial score (nSPS) is 25.3. The topological polar surface area (TPSA) is 49.7 Å². The first-order valence-electron chi connectivity index (χ1n) is 3.32. The van der Waals surface area contributed by atoms with E-state index in [2.05, 4.69) is 5.16 Å². The second kappa shape index (κ2) is 4.29. The molecule has 1 unspecified atom stereocenters. The SMILES string of the molecule is O=C(Cl)C1=C(Cl)C=C(F)C(=NO)C1Cl. The highest BCUT2D eigenvalue weighted by Crippen LogP contribution is 2.30. The third-order valence-corrected chi connectivity index (χ3v) is 2.51. The lowest BCUT2D eigenvalue weighted by Gasteiger charge is -2.16. The summed E-state index contributed by atoms with van der Waals surface area (Å²) in [5.74, 6) is -0.904. The highest BCUT2D eigenvalue weighted by molar-refractivity contribution is 6.70. The second-order valence-electron chi connectivity index (χ2n) is 2.38. The Morgan fingerprint density at radius 1 is 1.64 bits per heavy atom. The Balaban J connectivity index is 3.29. The summed E-state index contributed by atoms with van der Waals surface area (Å²) in [4.78, 5) is 10.8. The minimum absolute atomic E-state index is 0.199. The zero-order valence-electron chi connectivity index (χ0n) is 6.47. The molecule has 14 heavy (non-hydrogen) atoms. The van der Waals surface area contributed by atoms with Crippen molar-refractivity contribution in [1.82, 2.24) is 0 Å². The van der Waals surface area contributed by atoms with Crippen LogP contribution in [0.4, 0.5) is 4.39 Å². The van der Waals surface area contributed by atoms with Gasteiger partial charge >= 0.3 is 0 Å². The maximum atomic E-state index is 13.0. The summed E-state index contributed by atoms with van der Waals surface area (Å²) in [6, 6.07) is 0. The predicted molar refractivity (Wildman–Crippen MR) is 51.8 cm³/mol. The molecule has 0 aromatic carbocycles. The van der Waals surface area contributed by atoms with Gasteiger partial charge in [0.25, 0.3) is 5.24 Å². The Morgan fingerprint density at radius 3 is 2.64 bits per heavy atom. The fourth-order valence-corrected chi connectivity index (χ4v) is 1.96. The highest BCUT2D eigenvalue weighted by Gasteiger charge is 2.32. The molecular weight excluding hydrogens is 255 g/mol. The first kappa shape index (κ1) is 11.5. The molecule has 76 valence electrons. The van der Waals surface area contributed by atoms with E-state index >= 15 is 0 Å². The van der Waals surface area contributed by atoms with Crippen molar-refractivity contribution < 1.29 is 14.4 Å². The number of carbonyl (C=O) groups excluding carboxylic acids is 1. The molecule has 0 aromatic rings. The summed E-state index contributed by atoms with van der Waals surface area (Å²) < 4.78 is 13.0. The molecule has 1 N–H and O–H groups in total. The van der Waals surface area contributed by atoms with Gasteiger partial charge in [0, 0.05) is 0 Å². The summed E-state index contributed by atoms with van der Waals surface area (Å²) in [5.41, 5.74) is -0.690. The maximum Gasteiger partial charge on any atom is 0.251 e. The second-order valence-corrected chi connectivity index (χ2v) is 3.56. The Kier molecular flexibility index (Phi) is 3.53. The fourth-order valence-electron chi connectivity index (χ4n) is 0.934. The predicted octanol–water partition coefficient (Wildman–Crippen LogP) is 2.55. The minimum Gasteiger partial charge on any atom is -0.411 e. The van der Waals surface area contributed by atoms with Gasteiger partial charge in [0.2, 0.25) is 0 Å². The third-order valence-electron chi connectivity index (χ3n) is 1.57. The molecule has 0 aromatic heterocycles. The van der Waals surface area contributed by atoms with Gasteiger partial charge in [0.1, 0.15) is 11.1 Å². The van der Waals surface area contributed by atoms with Crippen LogP contribution in [0.2, 0.25) is 0 Å². The lowest BCUT2D eigenvalue weighted by Crippen LogP contribution is -2.25. The van der Waals surface area contributed by atoms with Gasteiger partial charge < -0.3 is 5.21 Å². The lowest BCUT2D eigenvalue weighted by atomic mass is 10.0. The quantitative estimate of drug-likeness (QED) is 0.340. The standard InChI is InChI=1S/C7H3Cl3FNO2/c8-2-1-3(11)6(12-14)5(9)4(2)7(10)13/h1,5,14H. The number of halogens is 4. The van der Waals surface area contributed by atoms with Crippen LogP contribution in [-0.2, 0) is 4.79 Å². The van der Waals surface area contributed by atoms with Crippen molar-refractivity contribution >= 4 is 45.8 Å². The minimum atomic E-state index is -1.28. The van der Waals surface area contributed by atoms with Gasteiger partial charge in [-0.1, -0.05) is 16.8 Å². The molecule has 0 aliphatic heterocycles. The van der Waals surface area contributed by atoms with E-state index in [0.717, 1.165) is 6.08 Å². The van der Waals surface area contributed by atoms with Crippen LogP contribution >= 0.6 is 34.8 Å². The van der Waals surface area contributed by atoms with E-state index in [9.17, 15) is 9.18 Å². The van der Waals surface area contributed by atoms with Crippen molar-refractivity contribution in [2.45, 2.75) is 5.38 Å². The molecular formula is C7H3Cl3FNO2. The van der Waals surface area contributed by atoms with E-state index in [1.807, 2.05) is 0 Å². The molecule has 0 saturated heterocycles. The molecule has 3 nitrogen and oxygen atoms in total. The maximum absolute atomic E-state index is 13.0. The molecule has 1 rings (SSSR count). The summed E-state index contributed by atoms with van der Waals surface area (Å²) in [5, 5.41) is 8.64. The van der Waals surface area contributed by atoms with Crippen molar-refractivity contribution in [3.8, 4) is 0 Å².